The van der Waals surface area contributed by atoms with Crippen LogP contribution in [0.2, 0.25) is 0 Å². The summed E-state index contributed by atoms with van der Waals surface area (Å²) in [5.74, 6) is -0.601. The van der Waals surface area contributed by atoms with Gasteiger partial charge in [0.1, 0.15) is 6.61 Å². The van der Waals surface area contributed by atoms with Gasteiger partial charge >= 0.3 is 11.9 Å². The Labute approximate surface area is 273 Å². The molecule has 0 bridgehead atoms. The number of aliphatic hydroxyl groups excluding tert-OH is 1. The first-order valence-electron chi connectivity index (χ1n) is 18.9. The van der Waals surface area contributed by atoms with Crippen molar-refractivity contribution in [3.8, 4) is 0 Å². The van der Waals surface area contributed by atoms with Gasteiger partial charge < -0.3 is 14.6 Å². The summed E-state index contributed by atoms with van der Waals surface area (Å²) in [6.45, 7) is 4.10. The molecule has 0 aliphatic rings. The first-order chi connectivity index (χ1) is 21.6. The SMILES string of the molecule is CCCCC/C=C\C/C=C\CCCCCCCC(=O)O[C@H](CO)COC(=O)CCCCCCCCCCCCCCCCC. The Hall–Kier alpha value is -1.62. The molecular formula is C39H72O5. The molecule has 0 aromatic rings. The van der Waals surface area contributed by atoms with Crippen LogP contribution in [0, 0.1) is 0 Å². The zero-order valence-corrected chi connectivity index (χ0v) is 29.2. The molecule has 0 aromatic heterocycles. The molecule has 0 spiro atoms. The average molecular weight is 621 g/mol. The van der Waals surface area contributed by atoms with E-state index in [4.69, 9.17) is 9.47 Å². The lowest BCUT2D eigenvalue weighted by atomic mass is 10.0. The summed E-state index contributed by atoms with van der Waals surface area (Å²) in [7, 11) is 0. The summed E-state index contributed by atoms with van der Waals surface area (Å²) < 4.78 is 10.6. The summed E-state index contributed by atoms with van der Waals surface area (Å²) in [5, 5.41) is 9.53. The van der Waals surface area contributed by atoms with Crippen LogP contribution in [0.25, 0.3) is 0 Å². The monoisotopic (exact) mass is 621 g/mol. The van der Waals surface area contributed by atoms with Crippen LogP contribution in [0.15, 0.2) is 24.3 Å². The second-order valence-corrected chi connectivity index (χ2v) is 12.7. The maximum absolute atomic E-state index is 12.1. The maximum Gasteiger partial charge on any atom is 0.306 e. The van der Waals surface area contributed by atoms with Crippen LogP contribution in [0.3, 0.4) is 0 Å². The molecule has 0 aliphatic carbocycles. The molecule has 0 saturated heterocycles. The standard InChI is InChI=1S/C39H72O5/c1-3-5-7-9-11-13-15-17-19-21-23-25-27-29-31-33-38(41)43-36-37(35-40)44-39(42)34-32-30-28-26-24-22-20-18-16-14-12-10-8-6-4-2/h12,14,18,20,37,40H,3-11,13,15-17,19,21-36H2,1-2H3/b14-12-,20-18-/t37-/m1/s1. The van der Waals surface area contributed by atoms with Crippen molar-refractivity contribution in [3.05, 3.63) is 24.3 Å². The maximum atomic E-state index is 12.1. The molecule has 0 heterocycles. The molecule has 0 unspecified atom stereocenters. The largest absolute Gasteiger partial charge is 0.462 e. The predicted octanol–water partition coefficient (Wildman–Crippen LogP) is 11.5. The number of esters is 2. The molecule has 258 valence electrons. The van der Waals surface area contributed by atoms with Crippen LogP contribution < -0.4 is 0 Å². The number of carbonyl (C=O) groups is 2. The van der Waals surface area contributed by atoms with E-state index >= 15 is 0 Å². The minimum Gasteiger partial charge on any atom is -0.462 e. The lowest BCUT2D eigenvalue weighted by Crippen LogP contribution is -2.28. The zero-order chi connectivity index (χ0) is 32.2. The molecule has 1 atom stereocenters. The first kappa shape index (κ1) is 42.4. The summed E-state index contributed by atoms with van der Waals surface area (Å²) in [5.41, 5.74) is 0. The molecule has 5 nitrogen and oxygen atoms in total. The predicted molar refractivity (Wildman–Crippen MR) is 187 cm³/mol. The van der Waals surface area contributed by atoms with E-state index in [0.717, 1.165) is 51.4 Å². The van der Waals surface area contributed by atoms with Gasteiger partial charge in [0.15, 0.2) is 6.10 Å². The van der Waals surface area contributed by atoms with Gasteiger partial charge in [0.05, 0.1) is 6.61 Å². The lowest BCUT2D eigenvalue weighted by Gasteiger charge is -2.15. The molecule has 44 heavy (non-hydrogen) atoms. The number of unbranched alkanes of at least 4 members (excludes halogenated alkanes) is 22. The smallest absolute Gasteiger partial charge is 0.306 e. The van der Waals surface area contributed by atoms with E-state index in [1.54, 1.807) is 0 Å². The van der Waals surface area contributed by atoms with E-state index in [-0.39, 0.29) is 25.2 Å². The van der Waals surface area contributed by atoms with E-state index in [1.807, 2.05) is 0 Å². The van der Waals surface area contributed by atoms with Crippen LogP contribution in [-0.2, 0) is 19.1 Å². The topological polar surface area (TPSA) is 72.8 Å². The van der Waals surface area contributed by atoms with Gasteiger partial charge in [-0.3, -0.25) is 9.59 Å². The van der Waals surface area contributed by atoms with Gasteiger partial charge in [-0.1, -0.05) is 160 Å². The van der Waals surface area contributed by atoms with Gasteiger partial charge in [-0.2, -0.15) is 0 Å². The Kier molecular flexibility index (Phi) is 34.5. The molecular weight excluding hydrogens is 548 g/mol. The van der Waals surface area contributed by atoms with Gasteiger partial charge in [-0.15, -0.1) is 0 Å². The molecule has 0 aromatic carbocycles. The summed E-state index contributed by atoms with van der Waals surface area (Å²) in [6, 6.07) is 0. The Morgan fingerprint density at radius 1 is 0.523 bits per heavy atom. The van der Waals surface area contributed by atoms with E-state index in [9.17, 15) is 14.7 Å². The molecule has 0 amide bonds. The van der Waals surface area contributed by atoms with Gasteiger partial charge in [0, 0.05) is 12.8 Å². The molecule has 5 heteroatoms. The van der Waals surface area contributed by atoms with Crippen molar-refractivity contribution in [3.63, 3.8) is 0 Å². The highest BCUT2D eigenvalue weighted by Gasteiger charge is 2.16. The number of allylic oxidation sites excluding steroid dienone is 4. The quantitative estimate of drug-likeness (QED) is 0.0440. The Morgan fingerprint density at radius 2 is 0.909 bits per heavy atom. The van der Waals surface area contributed by atoms with Gasteiger partial charge in [0.2, 0.25) is 0 Å². The van der Waals surface area contributed by atoms with Crippen molar-refractivity contribution >= 4 is 11.9 Å². The van der Waals surface area contributed by atoms with Crippen molar-refractivity contribution < 1.29 is 24.2 Å². The Balaban J connectivity index is 3.56. The molecule has 0 rings (SSSR count). The number of ether oxygens (including phenoxy) is 2. The number of rotatable bonds is 34. The minimum atomic E-state index is -0.773. The number of aliphatic hydroxyl groups is 1. The molecule has 0 fully saturated rings. The highest BCUT2D eigenvalue weighted by atomic mass is 16.6. The first-order valence-corrected chi connectivity index (χ1v) is 18.9. The van der Waals surface area contributed by atoms with Crippen molar-refractivity contribution in [2.24, 2.45) is 0 Å². The third kappa shape index (κ3) is 33.3. The second-order valence-electron chi connectivity index (χ2n) is 12.7. The zero-order valence-electron chi connectivity index (χ0n) is 29.2. The van der Waals surface area contributed by atoms with Gasteiger partial charge in [-0.05, 0) is 44.9 Å². The molecule has 0 aliphatic heterocycles. The third-order valence-corrected chi connectivity index (χ3v) is 8.25. The van der Waals surface area contributed by atoms with E-state index in [1.165, 1.54) is 116 Å². The summed E-state index contributed by atoms with van der Waals surface area (Å²) in [6.07, 6.45) is 40.9. The normalized spacial score (nSPS) is 12.3. The highest BCUT2D eigenvalue weighted by molar-refractivity contribution is 5.70. The Morgan fingerprint density at radius 3 is 1.39 bits per heavy atom. The summed E-state index contributed by atoms with van der Waals surface area (Å²) >= 11 is 0. The van der Waals surface area contributed by atoms with Crippen molar-refractivity contribution in [2.75, 3.05) is 13.2 Å². The molecule has 0 radical (unpaired) electrons. The number of hydrogen-bond donors (Lipinski definition) is 1. The van der Waals surface area contributed by atoms with Gasteiger partial charge in [0.25, 0.3) is 0 Å². The fourth-order valence-corrected chi connectivity index (χ4v) is 5.35. The van der Waals surface area contributed by atoms with Crippen molar-refractivity contribution in [1.82, 2.24) is 0 Å². The minimum absolute atomic E-state index is 0.0675. The van der Waals surface area contributed by atoms with Crippen molar-refractivity contribution in [1.29, 1.82) is 0 Å². The highest BCUT2D eigenvalue weighted by Crippen LogP contribution is 2.14. The van der Waals surface area contributed by atoms with Crippen molar-refractivity contribution in [2.45, 2.75) is 200 Å². The molecule has 1 N–H and O–H groups in total. The van der Waals surface area contributed by atoms with E-state index in [0.29, 0.717) is 12.8 Å². The third-order valence-electron chi connectivity index (χ3n) is 8.25. The number of carbonyl (C=O) groups excluding carboxylic acids is 2. The fourth-order valence-electron chi connectivity index (χ4n) is 5.35. The number of hydrogen-bond acceptors (Lipinski definition) is 5. The Bertz CT molecular complexity index is 671. The molecule has 0 saturated carbocycles. The summed E-state index contributed by atoms with van der Waals surface area (Å²) in [4.78, 5) is 24.2. The average Bonchev–Trinajstić information content (AvgIpc) is 3.02. The van der Waals surface area contributed by atoms with Crippen LogP contribution in [0.1, 0.15) is 194 Å². The fraction of sp³-hybridized carbons (Fsp3) is 0.846. The van der Waals surface area contributed by atoms with Crippen LogP contribution in [0.5, 0.6) is 0 Å². The van der Waals surface area contributed by atoms with E-state index in [2.05, 4.69) is 38.2 Å². The van der Waals surface area contributed by atoms with E-state index < -0.39 is 6.10 Å². The van der Waals surface area contributed by atoms with Crippen LogP contribution in [0.4, 0.5) is 0 Å². The second kappa shape index (κ2) is 35.9. The van der Waals surface area contributed by atoms with Crippen LogP contribution in [-0.4, -0.2) is 36.4 Å². The van der Waals surface area contributed by atoms with Crippen LogP contribution >= 0.6 is 0 Å². The van der Waals surface area contributed by atoms with Gasteiger partial charge in [-0.25, -0.2) is 0 Å². The lowest BCUT2D eigenvalue weighted by molar-refractivity contribution is -0.161.